The van der Waals surface area contributed by atoms with Crippen LogP contribution in [0.1, 0.15) is 11.3 Å². The highest BCUT2D eigenvalue weighted by atomic mass is 16.6. The molecule has 1 amide bonds. The number of amides is 1. The fourth-order valence-electron chi connectivity index (χ4n) is 2.99. The molecule has 0 fully saturated rings. The van der Waals surface area contributed by atoms with E-state index in [0.29, 0.717) is 34.2 Å². The van der Waals surface area contributed by atoms with Crippen LogP contribution in [0, 0.1) is 0 Å². The Kier molecular flexibility index (Phi) is 4.68. The van der Waals surface area contributed by atoms with Crippen LogP contribution < -0.4 is 4.74 Å². The van der Waals surface area contributed by atoms with E-state index in [1.54, 1.807) is 38.4 Å². The quantitative estimate of drug-likeness (QED) is 0.345. The van der Waals surface area contributed by atoms with E-state index in [0.717, 1.165) is 5.69 Å². The summed E-state index contributed by atoms with van der Waals surface area (Å²) < 4.78 is 13.9. The van der Waals surface area contributed by atoms with E-state index in [4.69, 9.17) is 15.0 Å². The molecule has 1 aromatic heterocycles. The molecule has 1 aliphatic heterocycles. The Morgan fingerprint density at radius 3 is 2.59 bits per heavy atom. The highest BCUT2D eigenvalue weighted by Crippen LogP contribution is 2.39. The van der Waals surface area contributed by atoms with Gasteiger partial charge in [-0.1, -0.05) is 41.5 Å². The predicted octanol–water partition coefficient (Wildman–Crippen LogP) is 5.34. The second-order valence-corrected chi connectivity index (χ2v) is 6.49. The number of fused-ring (bicyclic) bond motifs is 3. The number of benzene rings is 2. The third kappa shape index (κ3) is 3.40. The minimum atomic E-state index is -0.523. The summed E-state index contributed by atoms with van der Waals surface area (Å²) in [7, 11) is 3.23. The number of rotatable bonds is 3. The number of azide groups is 1. The fraction of sp³-hybridized carbons (Fsp3) is 0.0952. The molecule has 0 spiro atoms. The number of carbonyl (C=O) groups is 1. The Morgan fingerprint density at radius 1 is 1.10 bits per heavy atom. The average molecular weight is 387 g/mol. The molecule has 29 heavy (non-hydrogen) atoms. The first-order chi connectivity index (χ1) is 14.1. The molecule has 8 nitrogen and oxygen atoms in total. The van der Waals surface area contributed by atoms with Crippen LogP contribution in [0.25, 0.3) is 27.6 Å². The summed E-state index contributed by atoms with van der Waals surface area (Å²) in [5, 5.41) is 3.59. The summed E-state index contributed by atoms with van der Waals surface area (Å²) in [5.41, 5.74) is 11.3. The van der Waals surface area contributed by atoms with E-state index >= 15 is 0 Å². The molecular formula is C21H17N5O3. The Balaban J connectivity index is 1.93. The van der Waals surface area contributed by atoms with Gasteiger partial charge < -0.3 is 18.9 Å². The molecule has 2 heterocycles. The number of aromatic nitrogens is 1. The summed E-state index contributed by atoms with van der Waals surface area (Å²) in [6.45, 7) is 0. The first-order valence-corrected chi connectivity index (χ1v) is 8.82. The molecule has 0 N–H and O–H groups in total. The minimum Gasteiger partial charge on any atom is -0.451 e. The normalized spacial score (nSPS) is 12.1. The van der Waals surface area contributed by atoms with E-state index in [1.165, 1.54) is 4.90 Å². The first kappa shape index (κ1) is 18.2. The summed E-state index contributed by atoms with van der Waals surface area (Å²) in [6.07, 6.45) is 1.36. The number of ether oxygens (including phenoxy) is 2. The van der Waals surface area contributed by atoms with E-state index in [2.05, 4.69) is 10.0 Å². The van der Waals surface area contributed by atoms with Gasteiger partial charge in [-0.3, -0.25) is 0 Å². The van der Waals surface area contributed by atoms with Crippen molar-refractivity contribution in [1.82, 2.24) is 9.47 Å². The summed E-state index contributed by atoms with van der Waals surface area (Å²) in [4.78, 5) is 16.5. The molecule has 0 bridgehead atoms. The smallest absolute Gasteiger partial charge is 0.414 e. The SMILES string of the molecule is CN(C)C(=O)OC1=C(c2ccc(N=[N+]=[N-])cc2)Oc2ccccc2-n2cccc21. The zero-order chi connectivity index (χ0) is 20.4. The van der Waals surface area contributed by atoms with E-state index in [9.17, 15) is 4.79 Å². The fourth-order valence-corrected chi connectivity index (χ4v) is 2.99. The zero-order valence-corrected chi connectivity index (χ0v) is 15.8. The van der Waals surface area contributed by atoms with Crippen molar-refractivity contribution in [1.29, 1.82) is 0 Å². The molecule has 0 aliphatic carbocycles. The summed E-state index contributed by atoms with van der Waals surface area (Å²) >= 11 is 0. The third-order valence-electron chi connectivity index (χ3n) is 4.37. The van der Waals surface area contributed by atoms with Gasteiger partial charge in [0, 0.05) is 36.5 Å². The van der Waals surface area contributed by atoms with Crippen molar-refractivity contribution in [2.45, 2.75) is 0 Å². The Morgan fingerprint density at radius 2 is 1.86 bits per heavy atom. The monoisotopic (exact) mass is 387 g/mol. The van der Waals surface area contributed by atoms with Crippen LogP contribution in [0.15, 0.2) is 72.0 Å². The standard InChI is InChI=1S/C21H17N5O3/c1-25(2)21(27)29-20-17-7-5-13-26(17)16-6-3-4-8-18(16)28-19(20)14-9-11-15(12-10-14)23-24-22/h3-13H,1-2H3. The van der Waals surface area contributed by atoms with Crippen molar-refractivity contribution in [3.8, 4) is 11.4 Å². The number of hydrogen-bond donors (Lipinski definition) is 0. The van der Waals surface area contributed by atoms with Crippen LogP contribution in [0.3, 0.4) is 0 Å². The number of hydrogen-bond acceptors (Lipinski definition) is 4. The first-order valence-electron chi connectivity index (χ1n) is 8.82. The lowest BCUT2D eigenvalue weighted by Crippen LogP contribution is -2.23. The Labute approximate surface area is 166 Å². The van der Waals surface area contributed by atoms with Gasteiger partial charge in [0.15, 0.2) is 17.3 Å². The predicted molar refractivity (Wildman–Crippen MR) is 109 cm³/mol. The van der Waals surface area contributed by atoms with Gasteiger partial charge in [-0.15, -0.1) is 0 Å². The van der Waals surface area contributed by atoms with E-state index < -0.39 is 6.09 Å². The molecule has 1 aliphatic rings. The van der Waals surface area contributed by atoms with Crippen molar-refractivity contribution in [2.75, 3.05) is 14.1 Å². The summed E-state index contributed by atoms with van der Waals surface area (Å²) in [5.74, 6) is 1.30. The molecule has 4 rings (SSSR count). The van der Waals surface area contributed by atoms with Gasteiger partial charge in [-0.25, -0.2) is 4.79 Å². The molecule has 0 radical (unpaired) electrons. The van der Waals surface area contributed by atoms with Crippen molar-refractivity contribution < 1.29 is 14.3 Å². The van der Waals surface area contributed by atoms with Crippen molar-refractivity contribution in [2.24, 2.45) is 5.11 Å². The highest BCUT2D eigenvalue weighted by Gasteiger charge is 2.27. The van der Waals surface area contributed by atoms with Crippen molar-refractivity contribution in [3.63, 3.8) is 0 Å². The average Bonchev–Trinajstić information content (AvgIpc) is 3.16. The van der Waals surface area contributed by atoms with Gasteiger partial charge >= 0.3 is 6.09 Å². The van der Waals surface area contributed by atoms with Crippen LogP contribution in [-0.4, -0.2) is 29.7 Å². The second-order valence-electron chi connectivity index (χ2n) is 6.49. The maximum Gasteiger partial charge on any atom is 0.414 e. The van der Waals surface area contributed by atoms with Crippen molar-refractivity contribution in [3.05, 3.63) is 88.6 Å². The minimum absolute atomic E-state index is 0.293. The van der Waals surface area contributed by atoms with Crippen LogP contribution >= 0.6 is 0 Å². The topological polar surface area (TPSA) is 92.5 Å². The number of nitrogens with zero attached hydrogens (tertiary/aromatic N) is 5. The molecule has 2 aromatic carbocycles. The molecule has 0 saturated carbocycles. The molecule has 3 aromatic rings. The van der Waals surface area contributed by atoms with Crippen LogP contribution in [0.4, 0.5) is 10.5 Å². The number of carbonyl (C=O) groups excluding carboxylic acids is 1. The van der Waals surface area contributed by atoms with Crippen LogP contribution in [-0.2, 0) is 4.74 Å². The molecule has 0 atom stereocenters. The molecule has 0 unspecified atom stereocenters. The highest BCUT2D eigenvalue weighted by molar-refractivity contribution is 5.91. The van der Waals surface area contributed by atoms with Crippen molar-refractivity contribution >= 4 is 23.3 Å². The largest absolute Gasteiger partial charge is 0.451 e. The molecule has 144 valence electrons. The maximum atomic E-state index is 12.4. The molecule has 0 saturated heterocycles. The Hall–Kier alpha value is -4.16. The van der Waals surface area contributed by atoms with Gasteiger partial charge in [-0.2, -0.15) is 0 Å². The van der Waals surface area contributed by atoms with Gasteiger partial charge in [-0.05, 0) is 29.8 Å². The maximum absolute atomic E-state index is 12.4. The molecular weight excluding hydrogens is 370 g/mol. The lowest BCUT2D eigenvalue weighted by molar-refractivity contribution is 0.162. The molecule has 8 heteroatoms. The van der Waals surface area contributed by atoms with Gasteiger partial charge in [0.25, 0.3) is 0 Å². The van der Waals surface area contributed by atoms with Gasteiger partial charge in [0.05, 0.1) is 11.4 Å². The third-order valence-corrected chi connectivity index (χ3v) is 4.37. The summed E-state index contributed by atoms with van der Waals surface area (Å²) in [6, 6.07) is 18.2. The van der Waals surface area contributed by atoms with Gasteiger partial charge in [0.1, 0.15) is 0 Å². The zero-order valence-electron chi connectivity index (χ0n) is 15.8. The Bertz CT molecular complexity index is 1160. The lowest BCUT2D eigenvalue weighted by atomic mass is 10.1. The van der Waals surface area contributed by atoms with Gasteiger partial charge in [0.2, 0.25) is 0 Å². The lowest BCUT2D eigenvalue weighted by Gasteiger charge is -2.16. The second kappa shape index (κ2) is 7.46. The van der Waals surface area contributed by atoms with Crippen LogP contribution in [0.2, 0.25) is 0 Å². The van der Waals surface area contributed by atoms with Crippen LogP contribution in [0.5, 0.6) is 5.75 Å². The van der Waals surface area contributed by atoms with E-state index in [-0.39, 0.29) is 0 Å². The number of para-hydroxylation sites is 2. The van der Waals surface area contributed by atoms with E-state index in [1.807, 2.05) is 47.2 Å².